The molecule has 9 nitrogen and oxygen atoms in total. The van der Waals surface area contributed by atoms with Crippen LogP contribution in [0, 0.1) is 17.0 Å². The van der Waals surface area contributed by atoms with Gasteiger partial charge in [0.1, 0.15) is 6.10 Å². The number of fused-ring (bicyclic) bond motifs is 3. The number of nitro benzene ring substituents is 1. The predicted molar refractivity (Wildman–Crippen MR) is 133 cm³/mol. The lowest BCUT2D eigenvalue weighted by Gasteiger charge is -2.28. The zero-order chi connectivity index (χ0) is 25.0. The first-order chi connectivity index (χ1) is 16.7. The van der Waals surface area contributed by atoms with Crippen LogP contribution in [-0.2, 0) is 31.8 Å². The SMILES string of the molecule is CCc1ccc([C@@H]2OCCn3c(-c4ccc(C)c([N+](=O)[O-])c4)c4c(=O)n(C)c(=O)n(C)c4c32)cc1. The van der Waals surface area contributed by atoms with E-state index in [2.05, 4.69) is 6.92 Å². The van der Waals surface area contributed by atoms with E-state index in [1.54, 1.807) is 26.1 Å². The van der Waals surface area contributed by atoms with Crippen molar-refractivity contribution < 1.29 is 9.66 Å². The van der Waals surface area contributed by atoms with Gasteiger partial charge in [-0.3, -0.25) is 24.0 Å². The van der Waals surface area contributed by atoms with Crippen molar-refractivity contribution in [3.05, 3.63) is 95.8 Å². The summed E-state index contributed by atoms with van der Waals surface area (Å²) in [5, 5.41) is 12.0. The zero-order valence-corrected chi connectivity index (χ0v) is 20.1. The molecule has 180 valence electrons. The van der Waals surface area contributed by atoms with Crippen LogP contribution in [-0.4, -0.2) is 25.2 Å². The van der Waals surface area contributed by atoms with Crippen LogP contribution in [0.4, 0.5) is 5.69 Å². The van der Waals surface area contributed by atoms with Crippen LogP contribution < -0.4 is 11.2 Å². The van der Waals surface area contributed by atoms with Gasteiger partial charge in [-0.05, 0) is 24.5 Å². The number of nitro groups is 1. The largest absolute Gasteiger partial charge is 0.365 e. The first-order valence-electron chi connectivity index (χ1n) is 11.5. The van der Waals surface area contributed by atoms with Crippen molar-refractivity contribution in [3.63, 3.8) is 0 Å². The minimum Gasteiger partial charge on any atom is -0.365 e. The molecule has 2 aromatic carbocycles. The Morgan fingerprint density at radius 2 is 1.80 bits per heavy atom. The second kappa shape index (κ2) is 8.35. The van der Waals surface area contributed by atoms with Crippen LogP contribution in [0.15, 0.2) is 52.1 Å². The van der Waals surface area contributed by atoms with Crippen LogP contribution >= 0.6 is 0 Å². The predicted octanol–water partition coefficient (Wildman–Crippen LogP) is 3.60. The summed E-state index contributed by atoms with van der Waals surface area (Å²) in [5.74, 6) is 0. The maximum Gasteiger partial charge on any atom is 0.331 e. The average Bonchev–Trinajstić information content (AvgIpc) is 3.22. The smallest absolute Gasteiger partial charge is 0.331 e. The molecule has 0 spiro atoms. The summed E-state index contributed by atoms with van der Waals surface area (Å²) in [4.78, 5) is 37.7. The molecule has 4 aromatic rings. The van der Waals surface area contributed by atoms with Crippen LogP contribution in [0.5, 0.6) is 0 Å². The summed E-state index contributed by atoms with van der Waals surface area (Å²) in [6.07, 6.45) is 0.412. The number of rotatable bonds is 4. The van der Waals surface area contributed by atoms with Crippen molar-refractivity contribution in [2.75, 3.05) is 6.61 Å². The Hall–Kier alpha value is -3.98. The summed E-state index contributed by atoms with van der Waals surface area (Å²) in [7, 11) is 3.08. The van der Waals surface area contributed by atoms with Crippen LogP contribution in [0.1, 0.15) is 35.4 Å². The number of aryl methyl sites for hydroxylation is 3. The average molecular weight is 475 g/mol. The highest BCUT2D eigenvalue weighted by atomic mass is 16.6. The van der Waals surface area contributed by atoms with E-state index in [1.165, 1.54) is 23.2 Å². The van der Waals surface area contributed by atoms with Gasteiger partial charge in [0.15, 0.2) is 0 Å². The van der Waals surface area contributed by atoms with Crippen molar-refractivity contribution in [3.8, 4) is 11.3 Å². The van der Waals surface area contributed by atoms with Crippen molar-refractivity contribution >= 4 is 16.6 Å². The number of benzene rings is 2. The lowest BCUT2D eigenvalue weighted by atomic mass is 10.0. The highest BCUT2D eigenvalue weighted by Gasteiger charge is 2.33. The molecule has 0 radical (unpaired) electrons. The molecule has 0 fully saturated rings. The monoisotopic (exact) mass is 474 g/mol. The molecular weight excluding hydrogens is 448 g/mol. The molecule has 3 heterocycles. The molecule has 5 rings (SSSR count). The summed E-state index contributed by atoms with van der Waals surface area (Å²) >= 11 is 0. The zero-order valence-electron chi connectivity index (χ0n) is 20.1. The Balaban J connectivity index is 1.90. The minimum atomic E-state index is -0.496. The molecule has 0 bridgehead atoms. The lowest BCUT2D eigenvalue weighted by molar-refractivity contribution is -0.385. The van der Waals surface area contributed by atoms with E-state index < -0.39 is 22.3 Å². The summed E-state index contributed by atoms with van der Waals surface area (Å²) in [5.41, 5.74) is 4.04. The molecule has 0 N–H and O–H groups in total. The summed E-state index contributed by atoms with van der Waals surface area (Å²) < 4.78 is 10.7. The molecule has 0 saturated heterocycles. The fraction of sp³-hybridized carbons (Fsp3) is 0.308. The molecule has 0 amide bonds. The topological polar surface area (TPSA) is 101 Å². The van der Waals surface area contributed by atoms with Gasteiger partial charge in [0.2, 0.25) is 0 Å². The molecule has 0 saturated carbocycles. The maximum atomic E-state index is 13.5. The van der Waals surface area contributed by atoms with Crippen molar-refractivity contribution in [1.29, 1.82) is 0 Å². The van der Waals surface area contributed by atoms with Gasteiger partial charge in [-0.15, -0.1) is 0 Å². The number of nitrogens with zero attached hydrogens (tertiary/aromatic N) is 4. The number of hydrogen-bond acceptors (Lipinski definition) is 5. The third-order valence-electron chi connectivity index (χ3n) is 6.92. The Kier molecular flexibility index (Phi) is 5.44. The fourth-order valence-electron chi connectivity index (χ4n) is 5.02. The van der Waals surface area contributed by atoms with Crippen molar-refractivity contribution in [1.82, 2.24) is 13.7 Å². The molecule has 0 unspecified atom stereocenters. The number of hydrogen-bond donors (Lipinski definition) is 0. The second-order valence-corrected chi connectivity index (χ2v) is 8.92. The summed E-state index contributed by atoms with van der Waals surface area (Å²) in [6.45, 7) is 4.61. The van der Waals surface area contributed by atoms with E-state index in [0.717, 1.165) is 16.6 Å². The van der Waals surface area contributed by atoms with Crippen LogP contribution in [0.2, 0.25) is 0 Å². The maximum absolute atomic E-state index is 13.5. The van der Waals surface area contributed by atoms with Gasteiger partial charge in [-0.25, -0.2) is 4.79 Å². The Bertz CT molecular complexity index is 1610. The fourth-order valence-corrected chi connectivity index (χ4v) is 5.02. The standard InChI is InChI=1S/C26H26N4O5/c1-5-16-7-10-17(11-8-16)24-23-22-20(25(31)28(4)26(32)27(22)3)21(29(23)12-13-35-24)18-9-6-15(2)19(14-18)30(33)34/h6-11,14,24H,5,12-13H2,1-4H3/t24-/m0/s1. The van der Waals surface area contributed by atoms with E-state index in [9.17, 15) is 19.7 Å². The minimum absolute atomic E-state index is 0.0217. The normalized spacial score (nSPS) is 15.4. The van der Waals surface area contributed by atoms with E-state index in [1.807, 2.05) is 28.8 Å². The van der Waals surface area contributed by atoms with Gasteiger partial charge in [-0.2, -0.15) is 0 Å². The number of ether oxygens (including phenoxy) is 1. The van der Waals surface area contributed by atoms with E-state index in [4.69, 9.17) is 4.74 Å². The van der Waals surface area contributed by atoms with E-state index >= 15 is 0 Å². The van der Waals surface area contributed by atoms with Crippen molar-refractivity contribution in [2.45, 2.75) is 32.9 Å². The lowest BCUT2D eigenvalue weighted by Crippen LogP contribution is -2.37. The first-order valence-corrected chi connectivity index (χ1v) is 11.5. The molecular formula is C26H26N4O5. The Morgan fingerprint density at radius 1 is 1.09 bits per heavy atom. The van der Waals surface area contributed by atoms with Crippen LogP contribution in [0.25, 0.3) is 22.2 Å². The third kappa shape index (κ3) is 3.42. The third-order valence-corrected chi connectivity index (χ3v) is 6.92. The van der Waals surface area contributed by atoms with Gasteiger partial charge < -0.3 is 9.30 Å². The van der Waals surface area contributed by atoms with Gasteiger partial charge in [-0.1, -0.05) is 43.3 Å². The van der Waals surface area contributed by atoms with Gasteiger partial charge in [0, 0.05) is 37.8 Å². The molecule has 2 aromatic heterocycles. The second-order valence-electron chi connectivity index (χ2n) is 8.92. The van der Waals surface area contributed by atoms with Crippen LogP contribution in [0.3, 0.4) is 0 Å². The quantitative estimate of drug-likeness (QED) is 0.332. The Morgan fingerprint density at radius 3 is 2.46 bits per heavy atom. The van der Waals surface area contributed by atoms with E-state index in [-0.39, 0.29) is 5.69 Å². The molecule has 1 aliphatic rings. The first kappa shape index (κ1) is 22.8. The molecule has 1 aliphatic heterocycles. The highest BCUT2D eigenvalue weighted by Crippen LogP contribution is 2.41. The number of aromatic nitrogens is 3. The van der Waals surface area contributed by atoms with Gasteiger partial charge in [0.05, 0.1) is 33.8 Å². The highest BCUT2D eigenvalue weighted by molar-refractivity contribution is 5.97. The summed E-state index contributed by atoms with van der Waals surface area (Å²) in [6, 6.07) is 13.1. The molecule has 0 aliphatic carbocycles. The van der Waals surface area contributed by atoms with Gasteiger partial charge in [0.25, 0.3) is 11.2 Å². The molecule has 1 atom stereocenters. The van der Waals surface area contributed by atoms with E-state index in [0.29, 0.717) is 46.6 Å². The molecule has 9 heteroatoms. The van der Waals surface area contributed by atoms with Gasteiger partial charge >= 0.3 is 5.69 Å². The molecule has 35 heavy (non-hydrogen) atoms. The van der Waals surface area contributed by atoms with Crippen molar-refractivity contribution in [2.24, 2.45) is 14.1 Å². The Labute approximate surface area is 201 Å².